The molecule has 2 aliphatic heterocycles. The summed E-state index contributed by atoms with van der Waals surface area (Å²) in [4.78, 5) is 0. The zero-order chi connectivity index (χ0) is 36.2. The molecule has 0 atom stereocenters. The highest BCUT2D eigenvalue weighted by Gasteiger charge is 2.37. The third kappa shape index (κ3) is 9.85. The Balaban J connectivity index is 0.964. The van der Waals surface area contributed by atoms with Crippen molar-refractivity contribution in [2.75, 3.05) is 66.1 Å². The van der Waals surface area contributed by atoms with Crippen LogP contribution in [0.3, 0.4) is 0 Å². The Morgan fingerprint density at radius 1 is 0.519 bits per heavy atom. The molecule has 52 heavy (non-hydrogen) atoms. The van der Waals surface area contributed by atoms with E-state index in [1.807, 2.05) is 48.5 Å². The van der Waals surface area contributed by atoms with E-state index < -0.39 is 0 Å². The Kier molecular flexibility index (Phi) is 12.7. The molecule has 2 heterocycles. The van der Waals surface area contributed by atoms with Crippen LogP contribution >= 0.6 is 0 Å². The molecular weight excluding hydrogens is 649 g/mol. The predicted molar refractivity (Wildman–Crippen MR) is 206 cm³/mol. The van der Waals surface area contributed by atoms with Crippen LogP contribution in [0.1, 0.15) is 60.1 Å². The molecule has 0 unspecified atom stereocenters. The van der Waals surface area contributed by atoms with E-state index in [0.717, 1.165) is 86.2 Å². The Hall–Kier alpha value is -4.56. The maximum Gasteiger partial charge on any atom is 0.119 e. The summed E-state index contributed by atoms with van der Waals surface area (Å²) in [5.41, 5.74) is 9.02. The number of rotatable bonds is 15. The Bertz CT molecular complexity index is 1850. The molecule has 2 aliphatic rings. The van der Waals surface area contributed by atoms with Crippen LogP contribution in [0.15, 0.2) is 84.9 Å². The molecule has 270 valence electrons. The lowest BCUT2D eigenvalue weighted by Crippen LogP contribution is -2.45. The first-order valence-electron chi connectivity index (χ1n) is 18.4. The molecule has 2 fully saturated rings. The molecule has 0 saturated carbocycles. The minimum atomic E-state index is 0.201. The summed E-state index contributed by atoms with van der Waals surface area (Å²) >= 11 is 0. The lowest BCUT2D eigenvalue weighted by atomic mass is 9.84. The van der Waals surface area contributed by atoms with Crippen molar-refractivity contribution in [1.29, 1.82) is 0 Å². The van der Waals surface area contributed by atoms with Crippen molar-refractivity contribution in [2.45, 2.75) is 40.5 Å². The predicted octanol–water partition coefficient (Wildman–Crippen LogP) is 8.41. The van der Waals surface area contributed by atoms with Gasteiger partial charge in [0.15, 0.2) is 0 Å². The smallest absolute Gasteiger partial charge is 0.119 e. The lowest BCUT2D eigenvalue weighted by molar-refractivity contribution is -0.151. The van der Waals surface area contributed by atoms with Crippen molar-refractivity contribution in [1.82, 2.24) is 0 Å². The SMILES string of the molecule is CCC1(COCCOc2ccc(C#Cc3ccc(-c4c(C)cc(C#Cc5ccc(OCCOCC6(CC)COC6)cc5)cc4C)cc3)cc2)COC1. The maximum absolute atomic E-state index is 5.86. The third-order valence-electron chi connectivity index (χ3n) is 10.1. The van der Waals surface area contributed by atoms with Gasteiger partial charge in [0.1, 0.15) is 24.7 Å². The summed E-state index contributed by atoms with van der Waals surface area (Å²) in [7, 11) is 0. The monoisotopic (exact) mass is 698 g/mol. The molecular formula is C46H50O6. The lowest BCUT2D eigenvalue weighted by Gasteiger charge is -2.40. The highest BCUT2D eigenvalue weighted by molar-refractivity contribution is 5.73. The first-order chi connectivity index (χ1) is 25.4. The highest BCUT2D eigenvalue weighted by atomic mass is 16.5. The highest BCUT2D eigenvalue weighted by Crippen LogP contribution is 2.32. The Morgan fingerprint density at radius 3 is 1.27 bits per heavy atom. The molecule has 4 aromatic carbocycles. The summed E-state index contributed by atoms with van der Waals surface area (Å²) in [6, 6.07) is 28.6. The van der Waals surface area contributed by atoms with E-state index in [9.17, 15) is 0 Å². The van der Waals surface area contributed by atoms with Gasteiger partial charge in [-0.1, -0.05) is 49.7 Å². The second kappa shape index (κ2) is 17.8. The first-order valence-corrected chi connectivity index (χ1v) is 18.4. The number of hydrogen-bond acceptors (Lipinski definition) is 6. The van der Waals surface area contributed by atoms with Gasteiger partial charge in [0.2, 0.25) is 0 Å². The fourth-order valence-electron chi connectivity index (χ4n) is 6.34. The van der Waals surface area contributed by atoms with Crippen LogP contribution < -0.4 is 9.47 Å². The summed E-state index contributed by atoms with van der Waals surface area (Å²) in [6.45, 7) is 15.5. The van der Waals surface area contributed by atoms with Crippen LogP contribution in [0.5, 0.6) is 11.5 Å². The molecule has 0 radical (unpaired) electrons. The molecule has 0 aliphatic carbocycles. The van der Waals surface area contributed by atoms with Gasteiger partial charge >= 0.3 is 0 Å². The third-order valence-corrected chi connectivity index (χ3v) is 10.1. The topological polar surface area (TPSA) is 55.4 Å². The average Bonchev–Trinajstić information content (AvgIpc) is 3.13. The van der Waals surface area contributed by atoms with E-state index in [1.165, 1.54) is 22.3 Å². The van der Waals surface area contributed by atoms with Crippen molar-refractivity contribution in [3.63, 3.8) is 0 Å². The Labute approximate surface area is 309 Å². The molecule has 6 heteroatoms. The van der Waals surface area contributed by atoms with Gasteiger partial charge in [0, 0.05) is 33.1 Å². The van der Waals surface area contributed by atoms with Gasteiger partial charge in [-0.2, -0.15) is 0 Å². The van der Waals surface area contributed by atoms with Gasteiger partial charge in [-0.05, 0) is 122 Å². The average molecular weight is 699 g/mol. The molecule has 6 nitrogen and oxygen atoms in total. The van der Waals surface area contributed by atoms with Gasteiger partial charge in [0.05, 0.1) is 52.9 Å². The summed E-state index contributed by atoms with van der Waals surface area (Å²) in [6.07, 6.45) is 2.15. The fraction of sp³-hybridized carbons (Fsp3) is 0.391. The van der Waals surface area contributed by atoms with E-state index in [2.05, 4.69) is 87.8 Å². The quantitative estimate of drug-likeness (QED) is 0.0919. The molecule has 6 rings (SSSR count). The van der Waals surface area contributed by atoms with E-state index in [1.54, 1.807) is 0 Å². The maximum atomic E-state index is 5.86. The summed E-state index contributed by atoms with van der Waals surface area (Å²) < 4.78 is 34.1. The van der Waals surface area contributed by atoms with Gasteiger partial charge in [-0.25, -0.2) is 0 Å². The molecule has 2 saturated heterocycles. The molecule has 0 spiro atoms. The largest absolute Gasteiger partial charge is 0.491 e. The van der Waals surface area contributed by atoms with Crippen molar-refractivity contribution in [3.8, 4) is 46.3 Å². The van der Waals surface area contributed by atoms with Gasteiger partial charge in [-0.3, -0.25) is 0 Å². The van der Waals surface area contributed by atoms with E-state index in [0.29, 0.717) is 26.4 Å². The molecule has 4 aromatic rings. The van der Waals surface area contributed by atoms with Crippen molar-refractivity contribution in [2.24, 2.45) is 10.8 Å². The van der Waals surface area contributed by atoms with Crippen LogP contribution in [-0.4, -0.2) is 66.1 Å². The molecule has 0 aromatic heterocycles. The van der Waals surface area contributed by atoms with Crippen LogP contribution in [-0.2, 0) is 18.9 Å². The minimum Gasteiger partial charge on any atom is -0.491 e. The fourth-order valence-corrected chi connectivity index (χ4v) is 6.34. The number of benzene rings is 4. The van der Waals surface area contributed by atoms with Crippen LogP contribution in [0.2, 0.25) is 0 Å². The second-order valence-corrected chi connectivity index (χ2v) is 14.1. The van der Waals surface area contributed by atoms with Gasteiger partial charge in [0.25, 0.3) is 0 Å². The summed E-state index contributed by atoms with van der Waals surface area (Å²) in [5.74, 6) is 14.8. The molecule has 0 amide bonds. The molecule has 0 N–H and O–H groups in total. The normalized spacial score (nSPS) is 15.2. The first kappa shape index (κ1) is 37.2. The number of ether oxygens (including phenoxy) is 6. The Morgan fingerprint density at radius 2 is 0.904 bits per heavy atom. The van der Waals surface area contributed by atoms with Gasteiger partial charge in [-0.15, -0.1) is 0 Å². The zero-order valence-corrected chi connectivity index (χ0v) is 31.0. The van der Waals surface area contributed by atoms with E-state index in [4.69, 9.17) is 28.4 Å². The number of aryl methyl sites for hydroxylation is 2. The van der Waals surface area contributed by atoms with Crippen molar-refractivity contribution >= 4 is 0 Å². The minimum absolute atomic E-state index is 0.201. The second-order valence-electron chi connectivity index (χ2n) is 14.1. The van der Waals surface area contributed by atoms with Crippen molar-refractivity contribution in [3.05, 3.63) is 118 Å². The van der Waals surface area contributed by atoms with E-state index >= 15 is 0 Å². The van der Waals surface area contributed by atoms with Gasteiger partial charge < -0.3 is 28.4 Å². The van der Waals surface area contributed by atoms with Crippen LogP contribution in [0.25, 0.3) is 11.1 Å². The summed E-state index contributed by atoms with van der Waals surface area (Å²) in [5, 5.41) is 0. The van der Waals surface area contributed by atoms with Crippen LogP contribution in [0, 0.1) is 48.4 Å². The number of hydrogen-bond donors (Lipinski definition) is 0. The standard InChI is InChI=1S/C46H50O6/c1-5-45(31-49-32-45)29-47-23-25-51-42-19-13-38(14-20-42)8-7-37-11-17-41(18-12-37)44-35(3)27-40(28-36(44)4)10-9-39-15-21-43(22-16-39)52-26-24-48-30-46(6-2)33-50-34-46/h11-22,27-28H,5-6,23-26,29-34H2,1-4H3. The molecule has 0 bridgehead atoms. The van der Waals surface area contributed by atoms with Crippen LogP contribution in [0.4, 0.5) is 0 Å². The zero-order valence-electron chi connectivity index (χ0n) is 31.0. The van der Waals surface area contributed by atoms with Crippen molar-refractivity contribution < 1.29 is 28.4 Å². The van der Waals surface area contributed by atoms with E-state index in [-0.39, 0.29) is 10.8 Å².